The fraction of sp³-hybridized carbons (Fsp3) is 0.750. The van der Waals surface area contributed by atoms with Crippen molar-refractivity contribution in [2.75, 3.05) is 0 Å². The van der Waals surface area contributed by atoms with E-state index in [0.29, 0.717) is 10.8 Å². The Kier molecular flexibility index (Phi) is 3.78. The van der Waals surface area contributed by atoms with Crippen LogP contribution < -0.4 is 0 Å². The van der Waals surface area contributed by atoms with Crippen LogP contribution in [0.1, 0.15) is 66.2 Å². The van der Waals surface area contributed by atoms with E-state index in [9.17, 15) is 0 Å². The van der Waals surface area contributed by atoms with Gasteiger partial charge in [-0.15, -0.1) is 0 Å². The van der Waals surface area contributed by atoms with Crippen molar-refractivity contribution in [2.45, 2.75) is 66.2 Å². The Balaban J connectivity index is 0.00000144. The smallest absolute Gasteiger partial charge is 0.0574 e. The van der Waals surface area contributed by atoms with Gasteiger partial charge in [0, 0.05) is 5.41 Å². The van der Waals surface area contributed by atoms with Gasteiger partial charge in [-0.1, -0.05) is 50.2 Å². The van der Waals surface area contributed by atoms with E-state index in [1.165, 1.54) is 32.1 Å². The Morgan fingerprint density at radius 1 is 1.18 bits per heavy atom. The van der Waals surface area contributed by atoms with Gasteiger partial charge in [0.1, 0.15) is 0 Å². The second kappa shape index (κ2) is 5.25. The normalized spacial score (nSPS) is 48.0. The average molecular weight is 301 g/mol. The summed E-state index contributed by atoms with van der Waals surface area (Å²) in [6, 6.07) is 0. The lowest BCUT2D eigenvalue weighted by Crippen LogP contribution is -2.50. The molecular formula is C20H31NO. The summed E-state index contributed by atoms with van der Waals surface area (Å²) in [7, 11) is 0. The van der Waals surface area contributed by atoms with Crippen LogP contribution in [0.15, 0.2) is 29.0 Å². The van der Waals surface area contributed by atoms with Crippen molar-refractivity contribution in [3.63, 3.8) is 0 Å². The average Bonchev–Trinajstić information content (AvgIpc) is 2.88. The highest BCUT2D eigenvalue weighted by Crippen LogP contribution is 2.63. The summed E-state index contributed by atoms with van der Waals surface area (Å²) >= 11 is 0. The van der Waals surface area contributed by atoms with Crippen molar-refractivity contribution in [3.05, 3.63) is 23.8 Å². The molecule has 0 saturated heterocycles. The Labute approximate surface area is 135 Å². The third kappa shape index (κ3) is 2.02. The van der Waals surface area contributed by atoms with Crippen molar-refractivity contribution in [2.24, 2.45) is 33.7 Å². The van der Waals surface area contributed by atoms with Crippen molar-refractivity contribution >= 4 is 5.71 Å². The summed E-state index contributed by atoms with van der Waals surface area (Å²) in [5, 5.41) is 12.7. The minimum Gasteiger partial charge on any atom is -0.411 e. The number of nitrogens with zero attached hydrogens (tertiary/aromatic N) is 1. The van der Waals surface area contributed by atoms with E-state index in [1.807, 2.05) is 0 Å². The van der Waals surface area contributed by atoms with E-state index in [2.05, 4.69) is 37.2 Å². The minimum atomic E-state index is 0. The Morgan fingerprint density at radius 2 is 2.00 bits per heavy atom. The Hall–Kier alpha value is -1.05. The molecular weight excluding hydrogens is 270 g/mol. The van der Waals surface area contributed by atoms with E-state index in [-0.39, 0.29) is 7.43 Å². The molecule has 4 aliphatic carbocycles. The van der Waals surface area contributed by atoms with E-state index in [4.69, 9.17) is 5.21 Å². The van der Waals surface area contributed by atoms with Gasteiger partial charge in [0.05, 0.1) is 5.71 Å². The summed E-state index contributed by atoms with van der Waals surface area (Å²) in [6.07, 6.45) is 15.7. The molecule has 3 saturated carbocycles. The summed E-state index contributed by atoms with van der Waals surface area (Å²) in [5.41, 5.74) is 3.58. The fourth-order valence-electron chi connectivity index (χ4n) is 6.07. The zero-order valence-electron chi connectivity index (χ0n) is 13.3. The number of hydrogen-bond donors (Lipinski definition) is 1. The molecule has 0 spiro atoms. The molecule has 2 nitrogen and oxygen atoms in total. The van der Waals surface area contributed by atoms with E-state index < -0.39 is 0 Å². The molecule has 0 aromatic rings. The standard InChI is InChI=1S/C19H27NO.CH4/c1-18-9-3-4-16(18)15-6-5-13-12-14(20-21)7-11-19(13,2)17(15)8-10-18;/h3-4,9,13,15,17,21H,5-8,10-12H2,1-2H3;1H4/b20-14+;. The van der Waals surface area contributed by atoms with E-state index in [1.54, 1.807) is 5.57 Å². The lowest BCUT2D eigenvalue weighted by molar-refractivity contribution is -0.0294. The van der Waals surface area contributed by atoms with Crippen LogP contribution in [0.2, 0.25) is 0 Å². The van der Waals surface area contributed by atoms with Crippen LogP contribution in [-0.2, 0) is 0 Å². The van der Waals surface area contributed by atoms with Gasteiger partial charge < -0.3 is 5.21 Å². The molecule has 0 amide bonds. The number of allylic oxidation sites excluding steroid dienone is 4. The maximum Gasteiger partial charge on any atom is 0.0574 e. The molecule has 0 aromatic carbocycles. The summed E-state index contributed by atoms with van der Waals surface area (Å²) in [5.74, 6) is 2.38. The van der Waals surface area contributed by atoms with Gasteiger partial charge in [0.25, 0.3) is 0 Å². The molecule has 0 bridgehead atoms. The molecule has 2 heteroatoms. The first kappa shape index (κ1) is 15.8. The van der Waals surface area contributed by atoms with Crippen molar-refractivity contribution < 1.29 is 5.21 Å². The molecule has 4 rings (SSSR count). The number of rotatable bonds is 0. The SMILES string of the molecule is C.CC12C=CC=C1C1CCC3C/C(=N/O)CCC3(C)C1CC2. The molecule has 0 heterocycles. The lowest BCUT2D eigenvalue weighted by atomic mass is 9.46. The van der Waals surface area contributed by atoms with Gasteiger partial charge >= 0.3 is 0 Å². The Bertz CT molecular complexity index is 546. The van der Waals surface area contributed by atoms with E-state index in [0.717, 1.165) is 36.3 Å². The van der Waals surface area contributed by atoms with Crippen LogP contribution in [0.4, 0.5) is 0 Å². The fourth-order valence-corrected chi connectivity index (χ4v) is 6.07. The predicted octanol–water partition coefficient (Wildman–Crippen LogP) is 5.58. The zero-order chi connectivity index (χ0) is 14.7. The number of fused-ring (bicyclic) bond motifs is 5. The highest BCUT2D eigenvalue weighted by atomic mass is 16.4. The predicted molar refractivity (Wildman–Crippen MR) is 92.2 cm³/mol. The van der Waals surface area contributed by atoms with Gasteiger partial charge in [-0.3, -0.25) is 0 Å². The highest BCUT2D eigenvalue weighted by Gasteiger charge is 2.54. The van der Waals surface area contributed by atoms with Crippen LogP contribution in [-0.4, -0.2) is 10.9 Å². The molecule has 122 valence electrons. The molecule has 4 aliphatic rings. The summed E-state index contributed by atoms with van der Waals surface area (Å²) in [6.45, 7) is 4.97. The van der Waals surface area contributed by atoms with Crippen LogP contribution in [0.25, 0.3) is 0 Å². The van der Waals surface area contributed by atoms with E-state index >= 15 is 0 Å². The van der Waals surface area contributed by atoms with Crippen molar-refractivity contribution in [1.29, 1.82) is 0 Å². The van der Waals surface area contributed by atoms with Crippen LogP contribution in [0.5, 0.6) is 0 Å². The molecule has 5 unspecified atom stereocenters. The first-order chi connectivity index (χ1) is 10.1. The first-order valence-electron chi connectivity index (χ1n) is 8.66. The van der Waals surface area contributed by atoms with Gasteiger partial charge in [-0.25, -0.2) is 0 Å². The van der Waals surface area contributed by atoms with Crippen LogP contribution in [0.3, 0.4) is 0 Å². The molecule has 1 N–H and O–H groups in total. The summed E-state index contributed by atoms with van der Waals surface area (Å²) in [4.78, 5) is 0. The van der Waals surface area contributed by atoms with Gasteiger partial charge in [-0.2, -0.15) is 0 Å². The quantitative estimate of drug-likeness (QED) is 0.459. The largest absolute Gasteiger partial charge is 0.411 e. The topological polar surface area (TPSA) is 32.6 Å². The Morgan fingerprint density at radius 3 is 2.77 bits per heavy atom. The third-order valence-corrected chi connectivity index (χ3v) is 7.44. The van der Waals surface area contributed by atoms with Crippen LogP contribution >= 0.6 is 0 Å². The minimum absolute atomic E-state index is 0. The number of oxime groups is 1. The molecule has 0 aromatic heterocycles. The monoisotopic (exact) mass is 301 g/mol. The second-order valence-corrected chi connectivity index (χ2v) is 8.30. The third-order valence-electron chi connectivity index (χ3n) is 7.44. The highest BCUT2D eigenvalue weighted by molar-refractivity contribution is 5.85. The zero-order valence-corrected chi connectivity index (χ0v) is 13.3. The summed E-state index contributed by atoms with van der Waals surface area (Å²) < 4.78 is 0. The first-order valence-corrected chi connectivity index (χ1v) is 8.66. The molecule has 0 radical (unpaired) electrons. The molecule has 22 heavy (non-hydrogen) atoms. The molecule has 5 atom stereocenters. The van der Waals surface area contributed by atoms with Gasteiger partial charge in [0.15, 0.2) is 0 Å². The van der Waals surface area contributed by atoms with Gasteiger partial charge in [0.2, 0.25) is 0 Å². The molecule has 3 fully saturated rings. The number of hydrogen-bond acceptors (Lipinski definition) is 2. The van der Waals surface area contributed by atoms with Crippen molar-refractivity contribution in [1.82, 2.24) is 0 Å². The maximum atomic E-state index is 9.13. The van der Waals surface area contributed by atoms with Crippen LogP contribution in [0, 0.1) is 28.6 Å². The van der Waals surface area contributed by atoms with Gasteiger partial charge in [-0.05, 0) is 68.1 Å². The molecule has 0 aliphatic heterocycles. The lowest BCUT2D eigenvalue weighted by Gasteiger charge is -2.58. The maximum absolute atomic E-state index is 9.13. The second-order valence-electron chi connectivity index (χ2n) is 8.30. The van der Waals surface area contributed by atoms with Crippen molar-refractivity contribution in [3.8, 4) is 0 Å².